The predicted molar refractivity (Wildman–Crippen MR) is 93.9 cm³/mol. The summed E-state index contributed by atoms with van der Waals surface area (Å²) in [6, 6.07) is 16.6. The van der Waals surface area contributed by atoms with Gasteiger partial charge in [0.1, 0.15) is 0 Å². The van der Waals surface area contributed by atoms with Crippen LogP contribution in [0.2, 0.25) is 5.02 Å². The molecule has 1 aliphatic heterocycles. The SMILES string of the molecule is CC(=O)N1CCN(C(=O)c2ccc(Cl)cc2)C[C@@H]1c1ccccc1. The predicted octanol–water partition coefficient (Wildman–Crippen LogP) is 3.39. The van der Waals surface area contributed by atoms with Crippen LogP contribution in [0.15, 0.2) is 54.6 Å². The zero-order valence-corrected chi connectivity index (χ0v) is 14.2. The van der Waals surface area contributed by atoms with Gasteiger partial charge in [0.15, 0.2) is 0 Å². The number of piperazine rings is 1. The monoisotopic (exact) mass is 342 g/mol. The fourth-order valence-electron chi connectivity index (χ4n) is 3.08. The van der Waals surface area contributed by atoms with Crippen molar-refractivity contribution in [2.45, 2.75) is 13.0 Å². The molecule has 1 fully saturated rings. The van der Waals surface area contributed by atoms with E-state index in [0.29, 0.717) is 30.2 Å². The van der Waals surface area contributed by atoms with E-state index >= 15 is 0 Å². The summed E-state index contributed by atoms with van der Waals surface area (Å²) in [5, 5.41) is 0.607. The largest absolute Gasteiger partial charge is 0.334 e. The number of halogens is 1. The van der Waals surface area contributed by atoms with Crippen LogP contribution in [0, 0.1) is 0 Å². The summed E-state index contributed by atoms with van der Waals surface area (Å²) in [7, 11) is 0. The van der Waals surface area contributed by atoms with E-state index in [1.165, 1.54) is 0 Å². The van der Waals surface area contributed by atoms with Gasteiger partial charge < -0.3 is 9.80 Å². The molecule has 124 valence electrons. The number of rotatable bonds is 2. The van der Waals surface area contributed by atoms with Gasteiger partial charge >= 0.3 is 0 Å². The topological polar surface area (TPSA) is 40.6 Å². The quantitative estimate of drug-likeness (QED) is 0.839. The molecule has 5 heteroatoms. The second kappa shape index (κ2) is 7.05. The summed E-state index contributed by atoms with van der Waals surface area (Å²) in [6.07, 6.45) is 0. The van der Waals surface area contributed by atoms with Gasteiger partial charge in [-0.25, -0.2) is 0 Å². The molecule has 0 aliphatic carbocycles. The van der Waals surface area contributed by atoms with Gasteiger partial charge in [-0.15, -0.1) is 0 Å². The molecule has 0 radical (unpaired) electrons. The van der Waals surface area contributed by atoms with Crippen LogP contribution in [0.1, 0.15) is 28.9 Å². The van der Waals surface area contributed by atoms with Crippen LogP contribution in [-0.2, 0) is 4.79 Å². The van der Waals surface area contributed by atoms with Crippen LogP contribution in [0.25, 0.3) is 0 Å². The highest BCUT2D eigenvalue weighted by Crippen LogP contribution is 2.26. The third-order valence-electron chi connectivity index (χ3n) is 4.35. The Balaban J connectivity index is 1.83. The Hall–Kier alpha value is -2.33. The van der Waals surface area contributed by atoms with E-state index in [1.54, 1.807) is 36.1 Å². The maximum absolute atomic E-state index is 12.7. The van der Waals surface area contributed by atoms with E-state index in [-0.39, 0.29) is 17.9 Å². The number of hydrogen-bond acceptors (Lipinski definition) is 2. The molecule has 0 unspecified atom stereocenters. The minimum atomic E-state index is -0.117. The number of carbonyl (C=O) groups is 2. The van der Waals surface area contributed by atoms with Crippen molar-refractivity contribution < 1.29 is 9.59 Å². The van der Waals surface area contributed by atoms with Gasteiger partial charge in [0.2, 0.25) is 5.91 Å². The molecule has 0 aromatic heterocycles. The Bertz CT molecular complexity index is 731. The van der Waals surface area contributed by atoms with E-state index in [4.69, 9.17) is 11.6 Å². The van der Waals surface area contributed by atoms with Crippen molar-refractivity contribution in [3.05, 3.63) is 70.7 Å². The zero-order chi connectivity index (χ0) is 17.1. The molecule has 1 heterocycles. The van der Waals surface area contributed by atoms with Crippen LogP contribution >= 0.6 is 11.6 Å². The first kappa shape index (κ1) is 16.5. The van der Waals surface area contributed by atoms with Crippen LogP contribution < -0.4 is 0 Å². The van der Waals surface area contributed by atoms with E-state index in [9.17, 15) is 9.59 Å². The summed E-state index contributed by atoms with van der Waals surface area (Å²) >= 11 is 5.89. The van der Waals surface area contributed by atoms with Crippen molar-refractivity contribution in [2.24, 2.45) is 0 Å². The third kappa shape index (κ3) is 3.44. The Morgan fingerprint density at radius 1 is 1.00 bits per heavy atom. The molecular weight excluding hydrogens is 324 g/mol. The third-order valence-corrected chi connectivity index (χ3v) is 4.60. The number of benzene rings is 2. The summed E-state index contributed by atoms with van der Waals surface area (Å²) < 4.78 is 0. The van der Waals surface area contributed by atoms with Crippen molar-refractivity contribution in [1.82, 2.24) is 9.80 Å². The fraction of sp³-hybridized carbons (Fsp3) is 0.263. The van der Waals surface area contributed by atoms with Crippen molar-refractivity contribution >= 4 is 23.4 Å². The number of nitrogens with zero attached hydrogens (tertiary/aromatic N) is 2. The summed E-state index contributed by atoms with van der Waals surface area (Å²) in [5.74, 6) is -0.00163. The molecule has 2 amide bonds. The normalized spacial score (nSPS) is 17.7. The summed E-state index contributed by atoms with van der Waals surface area (Å²) in [5.41, 5.74) is 1.66. The van der Waals surface area contributed by atoms with E-state index in [2.05, 4.69) is 0 Å². The average Bonchev–Trinajstić information content (AvgIpc) is 2.62. The van der Waals surface area contributed by atoms with Gasteiger partial charge in [0.05, 0.1) is 6.04 Å². The Kier molecular flexibility index (Phi) is 4.86. The highest BCUT2D eigenvalue weighted by atomic mass is 35.5. The van der Waals surface area contributed by atoms with E-state index < -0.39 is 0 Å². The molecule has 24 heavy (non-hydrogen) atoms. The molecule has 1 atom stereocenters. The second-order valence-corrected chi connectivity index (χ2v) is 6.33. The van der Waals surface area contributed by atoms with E-state index in [0.717, 1.165) is 5.56 Å². The van der Waals surface area contributed by atoms with E-state index in [1.807, 2.05) is 35.2 Å². The maximum atomic E-state index is 12.7. The van der Waals surface area contributed by atoms with Gasteiger partial charge in [0.25, 0.3) is 5.91 Å². The highest BCUT2D eigenvalue weighted by Gasteiger charge is 2.32. The summed E-state index contributed by atoms with van der Waals surface area (Å²) in [4.78, 5) is 28.4. The average molecular weight is 343 g/mol. The number of amides is 2. The molecule has 1 saturated heterocycles. The molecule has 0 saturated carbocycles. The van der Waals surface area contributed by atoms with Crippen molar-refractivity contribution in [2.75, 3.05) is 19.6 Å². The van der Waals surface area contributed by atoms with Gasteiger partial charge in [-0.1, -0.05) is 41.9 Å². The molecular formula is C19H19ClN2O2. The van der Waals surface area contributed by atoms with Crippen molar-refractivity contribution in [3.63, 3.8) is 0 Å². The van der Waals surface area contributed by atoms with Crippen LogP contribution in [-0.4, -0.2) is 41.2 Å². The minimum Gasteiger partial charge on any atom is -0.334 e. The standard InChI is InChI=1S/C19H19ClN2O2/c1-14(23)22-12-11-21(13-18(22)15-5-3-2-4-6-15)19(24)16-7-9-17(20)10-8-16/h2-10,18H,11-13H2,1H3/t18-/m1/s1. The minimum absolute atomic E-state index is 0.0300. The fourth-order valence-corrected chi connectivity index (χ4v) is 3.21. The lowest BCUT2D eigenvalue weighted by molar-refractivity contribution is -0.133. The smallest absolute Gasteiger partial charge is 0.253 e. The molecule has 1 aliphatic rings. The Labute approximate surface area is 146 Å². The molecule has 0 bridgehead atoms. The lowest BCUT2D eigenvalue weighted by atomic mass is 10.0. The lowest BCUT2D eigenvalue weighted by Crippen LogP contribution is -2.51. The molecule has 3 rings (SSSR count). The maximum Gasteiger partial charge on any atom is 0.253 e. The highest BCUT2D eigenvalue weighted by molar-refractivity contribution is 6.30. The van der Waals surface area contributed by atoms with Gasteiger partial charge in [-0.2, -0.15) is 0 Å². The molecule has 4 nitrogen and oxygen atoms in total. The Morgan fingerprint density at radius 2 is 1.67 bits per heavy atom. The van der Waals surface area contributed by atoms with Crippen molar-refractivity contribution in [3.8, 4) is 0 Å². The summed E-state index contributed by atoms with van der Waals surface area (Å²) in [6.45, 7) is 3.14. The first-order valence-corrected chi connectivity index (χ1v) is 8.31. The van der Waals surface area contributed by atoms with Crippen LogP contribution in [0.3, 0.4) is 0 Å². The van der Waals surface area contributed by atoms with Crippen LogP contribution in [0.5, 0.6) is 0 Å². The first-order chi connectivity index (χ1) is 11.6. The van der Waals surface area contributed by atoms with Gasteiger partial charge in [-0.3, -0.25) is 9.59 Å². The second-order valence-electron chi connectivity index (χ2n) is 5.90. The van der Waals surface area contributed by atoms with Gasteiger partial charge in [0, 0.05) is 37.1 Å². The van der Waals surface area contributed by atoms with Crippen LogP contribution in [0.4, 0.5) is 0 Å². The number of hydrogen-bond donors (Lipinski definition) is 0. The molecule has 2 aromatic rings. The molecule has 0 spiro atoms. The molecule has 0 N–H and O–H groups in total. The zero-order valence-electron chi connectivity index (χ0n) is 13.5. The first-order valence-electron chi connectivity index (χ1n) is 7.93. The Morgan fingerprint density at radius 3 is 2.29 bits per heavy atom. The number of carbonyl (C=O) groups excluding carboxylic acids is 2. The van der Waals surface area contributed by atoms with Gasteiger partial charge in [-0.05, 0) is 29.8 Å². The molecule has 2 aromatic carbocycles. The lowest BCUT2D eigenvalue weighted by Gasteiger charge is -2.41. The van der Waals surface area contributed by atoms with Crippen molar-refractivity contribution in [1.29, 1.82) is 0 Å².